The maximum absolute atomic E-state index is 11.6. The molecule has 0 heterocycles. The van der Waals surface area contributed by atoms with E-state index in [2.05, 4.69) is 0 Å². The first kappa shape index (κ1) is 13.3. The van der Waals surface area contributed by atoms with Crippen molar-refractivity contribution in [1.82, 2.24) is 0 Å². The Balaban J connectivity index is 2.54. The van der Waals surface area contributed by atoms with Crippen LogP contribution in [0, 0.1) is 0 Å². The lowest BCUT2D eigenvalue weighted by Gasteiger charge is -2.02. The SMILES string of the molecule is CSCS(=O)(=O)CCC(=O)c1ccccc1. The van der Waals surface area contributed by atoms with Crippen molar-refractivity contribution >= 4 is 27.4 Å². The van der Waals surface area contributed by atoms with Gasteiger partial charge in [-0.25, -0.2) is 8.42 Å². The van der Waals surface area contributed by atoms with Crippen LogP contribution in [0.15, 0.2) is 30.3 Å². The average Bonchev–Trinajstić information content (AvgIpc) is 2.27. The number of Topliss-reactive ketones (excluding diaryl/α,β-unsaturated/α-hetero) is 1. The first-order valence-electron chi connectivity index (χ1n) is 4.83. The van der Waals surface area contributed by atoms with Crippen molar-refractivity contribution in [3.63, 3.8) is 0 Å². The standard InChI is InChI=1S/C11H14O3S2/c1-15-9-16(13,14)8-7-11(12)10-5-3-2-4-6-10/h2-6H,7-9H2,1H3. The summed E-state index contributed by atoms with van der Waals surface area (Å²) in [7, 11) is -3.09. The number of hydrogen-bond acceptors (Lipinski definition) is 4. The number of rotatable bonds is 6. The van der Waals surface area contributed by atoms with Crippen LogP contribution in [0.25, 0.3) is 0 Å². The van der Waals surface area contributed by atoms with Crippen molar-refractivity contribution in [3.05, 3.63) is 35.9 Å². The Hall–Kier alpha value is -0.810. The van der Waals surface area contributed by atoms with Crippen LogP contribution in [-0.2, 0) is 9.84 Å². The van der Waals surface area contributed by atoms with Crippen molar-refractivity contribution in [3.8, 4) is 0 Å². The van der Waals surface area contributed by atoms with Gasteiger partial charge in [0.15, 0.2) is 15.6 Å². The van der Waals surface area contributed by atoms with Gasteiger partial charge in [0.2, 0.25) is 0 Å². The normalized spacial score (nSPS) is 11.3. The Morgan fingerprint density at radius 2 is 1.88 bits per heavy atom. The van der Waals surface area contributed by atoms with E-state index in [1.807, 2.05) is 6.07 Å². The second-order valence-corrected chi connectivity index (χ2v) is 6.81. The summed E-state index contributed by atoms with van der Waals surface area (Å²) < 4.78 is 22.8. The largest absolute Gasteiger partial charge is 0.294 e. The van der Waals surface area contributed by atoms with Crippen LogP contribution in [0.3, 0.4) is 0 Å². The van der Waals surface area contributed by atoms with Gasteiger partial charge in [0.25, 0.3) is 0 Å². The summed E-state index contributed by atoms with van der Waals surface area (Å²) in [5, 5.41) is 0.0784. The van der Waals surface area contributed by atoms with E-state index < -0.39 is 9.84 Å². The Bertz CT molecular complexity index is 438. The number of carbonyl (C=O) groups is 1. The molecule has 0 amide bonds. The summed E-state index contributed by atoms with van der Waals surface area (Å²) in [6, 6.07) is 8.75. The molecule has 0 aliphatic rings. The quantitative estimate of drug-likeness (QED) is 0.732. The van der Waals surface area contributed by atoms with Crippen LogP contribution in [0.5, 0.6) is 0 Å². The number of sulfone groups is 1. The predicted molar refractivity (Wildman–Crippen MR) is 67.6 cm³/mol. The van der Waals surface area contributed by atoms with Gasteiger partial charge in [-0.15, -0.1) is 11.8 Å². The lowest BCUT2D eigenvalue weighted by atomic mass is 10.1. The second-order valence-electron chi connectivity index (χ2n) is 3.39. The molecule has 3 nitrogen and oxygen atoms in total. The molecule has 1 rings (SSSR count). The number of ketones is 1. The smallest absolute Gasteiger partial charge is 0.163 e. The molecule has 5 heteroatoms. The number of benzene rings is 1. The third-order valence-electron chi connectivity index (χ3n) is 2.03. The molecule has 0 atom stereocenters. The van der Waals surface area contributed by atoms with Crippen molar-refractivity contribution in [2.75, 3.05) is 17.1 Å². The molecular formula is C11H14O3S2. The van der Waals surface area contributed by atoms with Crippen molar-refractivity contribution in [2.45, 2.75) is 6.42 Å². The highest BCUT2D eigenvalue weighted by Crippen LogP contribution is 2.07. The monoisotopic (exact) mass is 258 g/mol. The molecule has 0 aromatic heterocycles. The van der Waals surface area contributed by atoms with Crippen LogP contribution in [0.1, 0.15) is 16.8 Å². The van der Waals surface area contributed by atoms with Crippen LogP contribution in [-0.4, -0.2) is 31.3 Å². The Morgan fingerprint density at radius 3 is 2.44 bits per heavy atom. The highest BCUT2D eigenvalue weighted by Gasteiger charge is 2.13. The minimum Gasteiger partial charge on any atom is -0.294 e. The summed E-state index contributed by atoms with van der Waals surface area (Å²) in [4.78, 5) is 11.6. The van der Waals surface area contributed by atoms with E-state index in [1.54, 1.807) is 30.5 Å². The molecule has 0 bridgehead atoms. The third-order valence-corrected chi connectivity index (χ3v) is 5.24. The van der Waals surface area contributed by atoms with Gasteiger partial charge in [0, 0.05) is 12.0 Å². The Morgan fingerprint density at radius 1 is 1.25 bits per heavy atom. The summed E-state index contributed by atoms with van der Waals surface area (Å²) in [5.41, 5.74) is 0.571. The van der Waals surface area contributed by atoms with Crippen LogP contribution in [0.2, 0.25) is 0 Å². The maximum Gasteiger partial charge on any atom is 0.163 e. The number of hydrogen-bond donors (Lipinski definition) is 0. The minimum atomic E-state index is -3.09. The molecule has 0 radical (unpaired) electrons. The summed E-state index contributed by atoms with van der Waals surface area (Å²) >= 11 is 1.26. The lowest BCUT2D eigenvalue weighted by Crippen LogP contribution is -2.12. The molecule has 1 aromatic carbocycles. The maximum atomic E-state index is 11.6. The van der Waals surface area contributed by atoms with Crippen molar-refractivity contribution in [2.24, 2.45) is 0 Å². The van der Waals surface area contributed by atoms with Gasteiger partial charge in [-0.05, 0) is 6.26 Å². The molecule has 16 heavy (non-hydrogen) atoms. The predicted octanol–water partition coefficient (Wildman–Crippen LogP) is 1.99. The average molecular weight is 258 g/mol. The molecule has 0 spiro atoms. The third kappa shape index (κ3) is 4.37. The zero-order chi connectivity index (χ0) is 12.0. The van der Waals surface area contributed by atoms with Crippen molar-refractivity contribution in [1.29, 1.82) is 0 Å². The molecule has 0 aliphatic carbocycles. The highest BCUT2D eigenvalue weighted by atomic mass is 32.3. The number of thioether (sulfide) groups is 1. The molecule has 0 saturated carbocycles. The summed E-state index contributed by atoms with van der Waals surface area (Å²) in [6.45, 7) is 0. The summed E-state index contributed by atoms with van der Waals surface area (Å²) in [5.74, 6) is -0.188. The number of carbonyl (C=O) groups excluding carboxylic acids is 1. The fraction of sp³-hybridized carbons (Fsp3) is 0.364. The Labute approximate surface area is 100 Å². The zero-order valence-electron chi connectivity index (χ0n) is 9.05. The van der Waals surface area contributed by atoms with Crippen molar-refractivity contribution < 1.29 is 13.2 Å². The van der Waals surface area contributed by atoms with E-state index in [-0.39, 0.29) is 23.0 Å². The summed E-state index contributed by atoms with van der Waals surface area (Å²) in [6.07, 6.45) is 1.80. The topological polar surface area (TPSA) is 51.2 Å². The molecule has 0 saturated heterocycles. The van der Waals surface area contributed by atoms with E-state index in [4.69, 9.17) is 0 Å². The van der Waals surface area contributed by atoms with Crippen LogP contribution >= 0.6 is 11.8 Å². The van der Waals surface area contributed by atoms with Gasteiger partial charge in [-0.1, -0.05) is 30.3 Å². The van der Waals surface area contributed by atoms with Gasteiger partial charge in [-0.2, -0.15) is 0 Å². The molecule has 88 valence electrons. The van der Waals surface area contributed by atoms with E-state index in [0.717, 1.165) is 0 Å². The fourth-order valence-corrected chi connectivity index (χ4v) is 3.66. The first-order valence-corrected chi connectivity index (χ1v) is 8.04. The molecule has 1 aromatic rings. The Kier molecular flexibility index (Phi) is 5.02. The van der Waals surface area contributed by atoms with Crippen LogP contribution in [0.4, 0.5) is 0 Å². The highest BCUT2D eigenvalue weighted by molar-refractivity contribution is 8.12. The minimum absolute atomic E-state index is 0.0624. The van der Waals surface area contributed by atoms with Gasteiger partial charge < -0.3 is 0 Å². The van der Waals surface area contributed by atoms with E-state index >= 15 is 0 Å². The fourth-order valence-electron chi connectivity index (χ4n) is 1.26. The zero-order valence-corrected chi connectivity index (χ0v) is 10.7. The lowest BCUT2D eigenvalue weighted by molar-refractivity contribution is 0.0989. The molecule has 0 N–H and O–H groups in total. The van der Waals surface area contributed by atoms with Gasteiger partial charge in [-0.3, -0.25) is 4.79 Å². The van der Waals surface area contributed by atoms with Gasteiger partial charge >= 0.3 is 0 Å². The molecule has 0 fully saturated rings. The molecule has 0 aliphatic heterocycles. The second kappa shape index (κ2) is 6.06. The van der Waals surface area contributed by atoms with E-state index in [0.29, 0.717) is 5.56 Å². The van der Waals surface area contributed by atoms with Gasteiger partial charge in [0.1, 0.15) is 0 Å². The van der Waals surface area contributed by atoms with E-state index in [9.17, 15) is 13.2 Å². The molecule has 0 unspecified atom stereocenters. The van der Waals surface area contributed by atoms with Crippen LogP contribution < -0.4 is 0 Å². The van der Waals surface area contributed by atoms with Gasteiger partial charge in [0.05, 0.1) is 10.8 Å². The molecular weight excluding hydrogens is 244 g/mol. The first-order chi connectivity index (χ1) is 7.55. The van der Waals surface area contributed by atoms with E-state index in [1.165, 1.54) is 11.8 Å².